The maximum absolute atomic E-state index is 12.1. The minimum absolute atomic E-state index is 0.0674. The predicted octanol–water partition coefficient (Wildman–Crippen LogP) is 2.41. The van der Waals surface area contributed by atoms with Gasteiger partial charge in [0.2, 0.25) is 0 Å². The van der Waals surface area contributed by atoms with Crippen molar-refractivity contribution in [2.24, 2.45) is 0 Å². The maximum Gasteiger partial charge on any atom is 0.315 e. The van der Waals surface area contributed by atoms with E-state index in [2.05, 4.69) is 10.6 Å². The third-order valence-corrected chi connectivity index (χ3v) is 5.87. The second-order valence-electron chi connectivity index (χ2n) is 5.78. The molecular formula is C18H20N2O4S. The van der Waals surface area contributed by atoms with Crippen molar-refractivity contribution in [1.29, 1.82) is 0 Å². The summed E-state index contributed by atoms with van der Waals surface area (Å²) in [6, 6.07) is 13.7. The van der Waals surface area contributed by atoms with E-state index in [0.29, 0.717) is 18.0 Å². The third kappa shape index (κ3) is 3.93. The Balaban J connectivity index is 1.55. The second-order valence-corrected chi connectivity index (χ2v) is 8.05. The number of carbonyl (C=O) groups excluding carboxylic acids is 1. The molecule has 7 heteroatoms. The van der Waals surface area contributed by atoms with Gasteiger partial charge in [0, 0.05) is 12.1 Å². The molecule has 0 fully saturated rings. The molecule has 2 amide bonds. The zero-order valence-corrected chi connectivity index (χ0v) is 14.7. The van der Waals surface area contributed by atoms with Crippen LogP contribution in [0.25, 0.3) is 0 Å². The molecule has 1 aliphatic heterocycles. The number of ether oxygens (including phenoxy) is 1. The number of hydrogen-bond donors (Lipinski definition) is 2. The van der Waals surface area contributed by atoms with Crippen LogP contribution < -0.4 is 15.4 Å². The van der Waals surface area contributed by atoms with E-state index >= 15 is 0 Å². The number of para-hydroxylation sites is 1. The van der Waals surface area contributed by atoms with Crippen molar-refractivity contribution in [3.05, 3.63) is 59.7 Å². The first-order chi connectivity index (χ1) is 12.0. The van der Waals surface area contributed by atoms with E-state index in [1.165, 1.54) is 0 Å². The summed E-state index contributed by atoms with van der Waals surface area (Å²) in [6.07, 6.45) is 0. The summed E-state index contributed by atoms with van der Waals surface area (Å²) < 4.78 is 29.1. The number of urea groups is 1. The van der Waals surface area contributed by atoms with Crippen molar-refractivity contribution >= 4 is 15.9 Å². The number of nitrogens with one attached hydrogen (secondary N) is 2. The highest BCUT2D eigenvalue weighted by Gasteiger charge is 2.24. The van der Waals surface area contributed by atoms with Crippen LogP contribution in [0.1, 0.15) is 24.1 Å². The zero-order chi connectivity index (χ0) is 17.9. The van der Waals surface area contributed by atoms with E-state index in [-0.39, 0.29) is 17.8 Å². The molecule has 3 rings (SSSR count). The number of sulfone groups is 1. The average molecular weight is 360 g/mol. The summed E-state index contributed by atoms with van der Waals surface area (Å²) in [4.78, 5) is 12.4. The highest BCUT2D eigenvalue weighted by molar-refractivity contribution is 7.91. The lowest BCUT2D eigenvalue weighted by molar-refractivity contribution is 0.231. The molecule has 25 heavy (non-hydrogen) atoms. The van der Waals surface area contributed by atoms with Gasteiger partial charge in [0.05, 0.1) is 16.7 Å². The van der Waals surface area contributed by atoms with E-state index in [4.69, 9.17) is 4.74 Å². The van der Waals surface area contributed by atoms with Crippen LogP contribution in [-0.2, 0) is 16.4 Å². The minimum atomic E-state index is -3.20. The Morgan fingerprint density at radius 3 is 2.60 bits per heavy atom. The topological polar surface area (TPSA) is 84.5 Å². The summed E-state index contributed by atoms with van der Waals surface area (Å²) in [5, 5.41) is 5.65. The van der Waals surface area contributed by atoms with Crippen LogP contribution in [0.3, 0.4) is 0 Å². The smallest absolute Gasteiger partial charge is 0.315 e. The Kier molecular flexibility index (Phi) is 4.94. The number of hydrogen-bond acceptors (Lipinski definition) is 4. The van der Waals surface area contributed by atoms with Gasteiger partial charge in [-0.25, -0.2) is 13.2 Å². The van der Waals surface area contributed by atoms with Crippen LogP contribution in [0.4, 0.5) is 4.79 Å². The van der Waals surface area contributed by atoms with E-state index in [1.807, 2.05) is 24.3 Å². The molecule has 0 bridgehead atoms. The second kappa shape index (κ2) is 7.14. The number of fused-ring (bicyclic) bond motifs is 1. The van der Waals surface area contributed by atoms with Crippen molar-refractivity contribution in [3.8, 4) is 5.75 Å². The minimum Gasteiger partial charge on any atom is -0.491 e. The molecule has 0 saturated heterocycles. The predicted molar refractivity (Wildman–Crippen MR) is 94.2 cm³/mol. The lowest BCUT2D eigenvalue weighted by Gasteiger charge is -2.13. The summed E-state index contributed by atoms with van der Waals surface area (Å²) >= 11 is 0. The molecule has 0 aromatic heterocycles. The molecule has 0 saturated carbocycles. The number of benzene rings is 2. The van der Waals surface area contributed by atoms with Crippen LogP contribution in [0.15, 0.2) is 53.4 Å². The van der Waals surface area contributed by atoms with Gasteiger partial charge in [0.25, 0.3) is 0 Å². The molecule has 1 atom stereocenters. The van der Waals surface area contributed by atoms with Crippen molar-refractivity contribution in [2.45, 2.75) is 24.4 Å². The molecule has 132 valence electrons. The van der Waals surface area contributed by atoms with Gasteiger partial charge >= 0.3 is 6.03 Å². The van der Waals surface area contributed by atoms with Crippen LogP contribution >= 0.6 is 0 Å². The Morgan fingerprint density at radius 1 is 1.16 bits per heavy atom. The third-order valence-electron chi connectivity index (χ3n) is 4.12. The van der Waals surface area contributed by atoms with E-state index in [0.717, 1.165) is 16.9 Å². The van der Waals surface area contributed by atoms with E-state index < -0.39 is 9.84 Å². The number of rotatable bonds is 5. The molecule has 2 aromatic carbocycles. The molecule has 6 nitrogen and oxygen atoms in total. The Bertz CT molecular complexity index is 863. The first-order valence-electron chi connectivity index (χ1n) is 8.07. The standard InChI is InChI=1S/C18H20N2O4S/c1-2-25(22,23)14-9-7-13(8-10-14)11-19-18(21)20-16-12-24-17-6-4-3-5-15(16)17/h3-10,16H,2,11-12H2,1H3,(H2,19,20,21). The highest BCUT2D eigenvalue weighted by atomic mass is 32.2. The highest BCUT2D eigenvalue weighted by Crippen LogP contribution is 2.31. The van der Waals surface area contributed by atoms with Crippen molar-refractivity contribution < 1.29 is 17.9 Å². The van der Waals surface area contributed by atoms with Crippen LogP contribution in [0.2, 0.25) is 0 Å². The van der Waals surface area contributed by atoms with Crippen molar-refractivity contribution in [1.82, 2.24) is 10.6 Å². The Hall–Kier alpha value is -2.54. The monoisotopic (exact) mass is 360 g/mol. The van der Waals surface area contributed by atoms with Gasteiger partial charge in [0.1, 0.15) is 12.4 Å². The molecule has 1 unspecified atom stereocenters. The molecule has 1 aliphatic rings. The SMILES string of the molecule is CCS(=O)(=O)c1ccc(CNC(=O)NC2COc3ccccc32)cc1. The van der Waals surface area contributed by atoms with Gasteiger partial charge in [0.15, 0.2) is 9.84 Å². The normalized spacial score (nSPS) is 16.0. The summed E-state index contributed by atoms with van der Waals surface area (Å²) in [5.74, 6) is 0.860. The Morgan fingerprint density at radius 2 is 1.88 bits per heavy atom. The summed E-state index contributed by atoms with van der Waals surface area (Å²) in [6.45, 7) is 2.34. The van der Waals surface area contributed by atoms with Crippen molar-refractivity contribution in [2.75, 3.05) is 12.4 Å². The molecule has 0 aliphatic carbocycles. The van der Waals surface area contributed by atoms with Gasteiger partial charge < -0.3 is 15.4 Å². The fraction of sp³-hybridized carbons (Fsp3) is 0.278. The van der Waals surface area contributed by atoms with Crippen LogP contribution in [-0.4, -0.2) is 26.8 Å². The van der Waals surface area contributed by atoms with Gasteiger partial charge in [-0.05, 0) is 23.8 Å². The number of carbonyl (C=O) groups is 1. The molecule has 1 heterocycles. The fourth-order valence-corrected chi connectivity index (χ4v) is 3.54. The lowest BCUT2D eigenvalue weighted by atomic mass is 10.1. The maximum atomic E-state index is 12.1. The largest absolute Gasteiger partial charge is 0.491 e. The summed E-state index contributed by atoms with van der Waals surface area (Å²) in [7, 11) is -3.20. The number of amides is 2. The van der Waals surface area contributed by atoms with Crippen molar-refractivity contribution in [3.63, 3.8) is 0 Å². The van der Waals surface area contributed by atoms with Gasteiger partial charge in [-0.3, -0.25) is 0 Å². The van der Waals surface area contributed by atoms with E-state index in [1.54, 1.807) is 31.2 Å². The summed E-state index contributed by atoms with van der Waals surface area (Å²) in [5.41, 5.74) is 1.79. The quantitative estimate of drug-likeness (QED) is 0.858. The van der Waals surface area contributed by atoms with Gasteiger partial charge in [-0.15, -0.1) is 0 Å². The molecule has 0 radical (unpaired) electrons. The van der Waals surface area contributed by atoms with E-state index in [9.17, 15) is 13.2 Å². The molecule has 2 N–H and O–H groups in total. The fourth-order valence-electron chi connectivity index (χ4n) is 2.66. The lowest BCUT2D eigenvalue weighted by Crippen LogP contribution is -2.38. The molecule has 2 aromatic rings. The first kappa shape index (κ1) is 17.3. The molecular weight excluding hydrogens is 340 g/mol. The average Bonchev–Trinajstić information content (AvgIpc) is 3.03. The zero-order valence-electron chi connectivity index (χ0n) is 13.9. The molecule has 0 spiro atoms. The van der Waals surface area contributed by atoms with Gasteiger partial charge in [-0.2, -0.15) is 0 Å². The first-order valence-corrected chi connectivity index (χ1v) is 9.72. The Labute approximate surface area is 147 Å². The van der Waals surface area contributed by atoms with Crippen LogP contribution in [0, 0.1) is 0 Å². The van der Waals surface area contributed by atoms with Crippen LogP contribution in [0.5, 0.6) is 5.75 Å². The van der Waals surface area contributed by atoms with Gasteiger partial charge in [-0.1, -0.05) is 37.3 Å².